The van der Waals surface area contributed by atoms with Gasteiger partial charge in [0.1, 0.15) is 28.2 Å². The molecule has 0 bridgehead atoms. The molecule has 3 aromatic rings. The zero-order chi connectivity index (χ0) is 22.3. The molecule has 2 atom stereocenters. The molecule has 0 aliphatic carbocycles. The van der Waals surface area contributed by atoms with E-state index in [0.717, 1.165) is 6.54 Å². The topological polar surface area (TPSA) is 72.1 Å². The van der Waals surface area contributed by atoms with Gasteiger partial charge >= 0.3 is 0 Å². The molecule has 2 aromatic carbocycles. The van der Waals surface area contributed by atoms with Crippen LogP contribution >= 0.6 is 11.6 Å². The first-order valence-electron chi connectivity index (χ1n) is 10.2. The Morgan fingerprint density at radius 3 is 2.67 bits per heavy atom. The second-order valence-electron chi connectivity index (χ2n) is 7.49. The van der Waals surface area contributed by atoms with Crippen molar-refractivity contribution >= 4 is 22.6 Å². The van der Waals surface area contributed by atoms with Gasteiger partial charge < -0.3 is 23.9 Å². The monoisotopic (exact) mass is 430 g/mol. The summed E-state index contributed by atoms with van der Waals surface area (Å²) in [5.41, 5.74) is 0.772. The quantitative estimate of drug-likeness (QED) is 0.676. The Labute approximate surface area is 181 Å². The number of methoxy groups -OCH3 is 2. The van der Waals surface area contributed by atoms with Crippen LogP contribution in [0.1, 0.15) is 19.3 Å². The van der Waals surface area contributed by atoms with Crippen molar-refractivity contribution in [1.82, 2.24) is 4.90 Å². The summed E-state index contributed by atoms with van der Waals surface area (Å²) in [5, 5.41) is 11.4. The fourth-order valence-corrected chi connectivity index (χ4v) is 4.34. The van der Waals surface area contributed by atoms with E-state index in [1.54, 1.807) is 30.3 Å². The number of ether oxygens (including phenoxy) is 2. The molecule has 4 rings (SSSR count). The molecule has 1 N–H and O–H groups in total. The van der Waals surface area contributed by atoms with Gasteiger partial charge in [-0.15, -0.1) is 0 Å². The summed E-state index contributed by atoms with van der Waals surface area (Å²) in [5.74, 6) is 0.482. The highest BCUT2D eigenvalue weighted by atomic mass is 35.5. The Bertz CT molecular complexity index is 1190. The fraction of sp³-hybridized carbons (Fsp3) is 0.348. The maximum absolute atomic E-state index is 13.3. The van der Waals surface area contributed by atoms with Crippen LogP contribution in [0.3, 0.4) is 0 Å². The van der Waals surface area contributed by atoms with Crippen LogP contribution < -0.4 is 14.9 Å². The highest BCUT2D eigenvalue weighted by Crippen LogP contribution is 2.43. The van der Waals surface area contributed by atoms with Gasteiger partial charge in [0, 0.05) is 35.7 Å². The summed E-state index contributed by atoms with van der Waals surface area (Å²) in [6.07, 6.45) is -0.0163. The van der Waals surface area contributed by atoms with Crippen LogP contribution in [-0.4, -0.2) is 50.5 Å². The van der Waals surface area contributed by atoms with Crippen molar-refractivity contribution in [1.29, 1.82) is 0 Å². The molecule has 1 aliphatic rings. The van der Waals surface area contributed by atoms with Crippen molar-refractivity contribution in [2.45, 2.75) is 18.4 Å². The van der Waals surface area contributed by atoms with Crippen LogP contribution in [0.5, 0.6) is 11.5 Å². The van der Waals surface area contributed by atoms with Gasteiger partial charge in [0.2, 0.25) is 0 Å². The lowest BCUT2D eigenvalue weighted by Crippen LogP contribution is -2.40. The van der Waals surface area contributed by atoms with Crippen molar-refractivity contribution in [3.8, 4) is 22.8 Å². The molecule has 1 aliphatic heterocycles. The fourth-order valence-electron chi connectivity index (χ4n) is 4.12. The SMILES string of the molecule is [2H]c1c(-c2ccccc2Cl)oc2c(C3CCN(C)CC3O)c(OC)cc(OC)c2c1=O. The third-order valence-electron chi connectivity index (χ3n) is 5.62. The first-order valence-corrected chi connectivity index (χ1v) is 10.1. The summed E-state index contributed by atoms with van der Waals surface area (Å²) in [7, 11) is 4.92. The van der Waals surface area contributed by atoms with Gasteiger partial charge in [-0.05, 0) is 32.1 Å². The van der Waals surface area contributed by atoms with Gasteiger partial charge in [0.05, 0.1) is 26.7 Å². The summed E-state index contributed by atoms with van der Waals surface area (Å²) < 4.78 is 25.7. The number of benzene rings is 2. The van der Waals surface area contributed by atoms with E-state index in [4.69, 9.17) is 26.9 Å². The second kappa shape index (κ2) is 8.30. The molecule has 6 nitrogen and oxygen atoms in total. The van der Waals surface area contributed by atoms with Crippen molar-refractivity contribution in [3.63, 3.8) is 0 Å². The minimum Gasteiger partial charge on any atom is -0.496 e. The molecule has 7 heteroatoms. The van der Waals surface area contributed by atoms with E-state index in [1.807, 2.05) is 11.9 Å². The molecule has 2 unspecified atom stereocenters. The number of aliphatic hydroxyl groups excluding tert-OH is 1. The average Bonchev–Trinajstić information content (AvgIpc) is 2.76. The number of nitrogens with zero attached hydrogens (tertiary/aromatic N) is 1. The van der Waals surface area contributed by atoms with Crippen LogP contribution in [0, 0.1) is 0 Å². The lowest BCUT2D eigenvalue weighted by molar-refractivity contribution is 0.0630. The molecule has 1 fully saturated rings. The van der Waals surface area contributed by atoms with E-state index in [1.165, 1.54) is 14.2 Å². The van der Waals surface area contributed by atoms with E-state index < -0.39 is 11.5 Å². The number of hydrogen-bond donors (Lipinski definition) is 1. The Hall–Kier alpha value is -2.54. The van der Waals surface area contributed by atoms with E-state index in [-0.39, 0.29) is 34.4 Å². The molecule has 1 saturated heterocycles. The maximum atomic E-state index is 13.3. The zero-order valence-electron chi connectivity index (χ0n) is 18.1. The van der Waals surface area contributed by atoms with Crippen molar-refractivity contribution < 1.29 is 20.4 Å². The second-order valence-corrected chi connectivity index (χ2v) is 7.90. The minimum absolute atomic E-state index is 0.0714. The summed E-state index contributed by atoms with van der Waals surface area (Å²) in [6, 6.07) is 8.22. The number of likely N-dealkylation sites (N-methyl/N-ethyl adjacent to an activating group) is 1. The predicted molar refractivity (Wildman–Crippen MR) is 117 cm³/mol. The van der Waals surface area contributed by atoms with Crippen LogP contribution in [0.15, 0.2) is 45.6 Å². The Morgan fingerprint density at radius 2 is 2.00 bits per heavy atom. The van der Waals surface area contributed by atoms with Crippen LogP contribution in [0.4, 0.5) is 0 Å². The Kier molecular flexibility index (Phi) is 5.37. The molecule has 0 radical (unpaired) electrons. The highest BCUT2D eigenvalue weighted by molar-refractivity contribution is 6.33. The molecule has 0 spiro atoms. The minimum atomic E-state index is -0.672. The molecular weight excluding hydrogens is 406 g/mol. The standard InChI is InChI=1S/C23H24ClNO5/c1-25-9-8-14(17(27)12-25)21-19(28-2)11-20(29-3)22-16(26)10-18(30-23(21)22)13-6-4-5-7-15(13)24/h4-7,10-11,14,17,27H,8-9,12H2,1-3H3/i10D. The highest BCUT2D eigenvalue weighted by Gasteiger charge is 2.33. The van der Waals surface area contributed by atoms with Crippen molar-refractivity contribution in [3.05, 3.63) is 57.2 Å². The molecular formula is C23H24ClNO5. The van der Waals surface area contributed by atoms with E-state index >= 15 is 0 Å². The van der Waals surface area contributed by atoms with E-state index in [2.05, 4.69) is 0 Å². The first kappa shape index (κ1) is 19.4. The van der Waals surface area contributed by atoms with E-state index in [9.17, 15) is 9.90 Å². The molecule has 158 valence electrons. The number of rotatable bonds is 4. The predicted octanol–water partition coefficient (Wildman–Crippen LogP) is 3.91. The van der Waals surface area contributed by atoms with Gasteiger partial charge in [0.15, 0.2) is 5.43 Å². The Morgan fingerprint density at radius 1 is 1.27 bits per heavy atom. The number of piperidine rings is 1. The largest absolute Gasteiger partial charge is 0.496 e. The third kappa shape index (κ3) is 3.55. The van der Waals surface area contributed by atoms with Crippen LogP contribution in [0.25, 0.3) is 22.3 Å². The van der Waals surface area contributed by atoms with Crippen molar-refractivity contribution in [2.75, 3.05) is 34.4 Å². The number of β-amino-alcohol motifs (C(OH)–C–C–N with tert-alkyl or cyclic N) is 1. The van der Waals surface area contributed by atoms with Gasteiger partial charge in [-0.1, -0.05) is 23.7 Å². The number of fused-ring (bicyclic) bond motifs is 1. The Balaban J connectivity index is 2.09. The molecule has 1 aromatic heterocycles. The summed E-state index contributed by atoms with van der Waals surface area (Å²) in [4.78, 5) is 15.3. The number of halogens is 1. The van der Waals surface area contributed by atoms with Gasteiger partial charge in [-0.2, -0.15) is 0 Å². The number of likely N-dealkylation sites (tertiary alicyclic amines) is 1. The van der Waals surface area contributed by atoms with Crippen LogP contribution in [-0.2, 0) is 0 Å². The smallest absolute Gasteiger partial charge is 0.197 e. The maximum Gasteiger partial charge on any atom is 0.197 e. The zero-order valence-corrected chi connectivity index (χ0v) is 17.8. The number of hydrogen-bond acceptors (Lipinski definition) is 6. The number of aliphatic hydroxyl groups is 1. The van der Waals surface area contributed by atoms with Gasteiger partial charge in [-0.25, -0.2) is 0 Å². The lowest BCUT2D eigenvalue weighted by atomic mass is 9.85. The molecule has 0 amide bonds. The van der Waals surface area contributed by atoms with Crippen LogP contribution in [0.2, 0.25) is 5.02 Å². The van der Waals surface area contributed by atoms with Crippen molar-refractivity contribution in [2.24, 2.45) is 0 Å². The van der Waals surface area contributed by atoms with E-state index in [0.29, 0.717) is 34.9 Å². The summed E-state index contributed by atoms with van der Waals surface area (Å²) in [6.45, 7) is 1.26. The lowest BCUT2D eigenvalue weighted by Gasteiger charge is -2.34. The van der Waals surface area contributed by atoms with Gasteiger partial charge in [-0.3, -0.25) is 4.79 Å². The molecule has 30 heavy (non-hydrogen) atoms. The average molecular weight is 431 g/mol. The normalized spacial score (nSPS) is 20.2. The summed E-state index contributed by atoms with van der Waals surface area (Å²) >= 11 is 6.34. The molecule has 0 saturated carbocycles. The first-order chi connectivity index (χ1) is 14.9. The third-order valence-corrected chi connectivity index (χ3v) is 5.95. The molecule has 2 heterocycles. The van der Waals surface area contributed by atoms with Gasteiger partial charge in [0.25, 0.3) is 0 Å².